The Bertz CT molecular complexity index is 1220. The van der Waals surface area contributed by atoms with E-state index in [4.69, 9.17) is 5.73 Å². The van der Waals surface area contributed by atoms with Crippen LogP contribution in [-0.2, 0) is 22.6 Å². The third kappa shape index (κ3) is 3.63. The molecule has 1 aliphatic carbocycles. The highest BCUT2D eigenvalue weighted by Crippen LogP contribution is 2.48. The summed E-state index contributed by atoms with van der Waals surface area (Å²) < 4.78 is 2.18. The van der Waals surface area contributed by atoms with Gasteiger partial charge in [0.2, 0.25) is 5.91 Å². The van der Waals surface area contributed by atoms with Gasteiger partial charge >= 0.3 is 0 Å². The van der Waals surface area contributed by atoms with Gasteiger partial charge in [0.1, 0.15) is 11.1 Å². The number of ketones is 1. The first-order chi connectivity index (χ1) is 14.9. The van der Waals surface area contributed by atoms with Crippen molar-refractivity contribution >= 4 is 44.4 Å². The number of nitrogens with two attached hydrogens (primary N) is 1. The molecule has 5 rings (SSSR count). The predicted molar refractivity (Wildman–Crippen MR) is 116 cm³/mol. The molecule has 3 heterocycles. The quantitative estimate of drug-likeness (QED) is 0.541. The normalized spacial score (nSPS) is 21.8. The number of rotatable bonds is 6. The van der Waals surface area contributed by atoms with Gasteiger partial charge in [0.05, 0.1) is 18.0 Å². The number of carbonyl (C=O) groups excluding carboxylic acids is 3. The number of likely N-dealkylation sites (tertiary alicyclic amines) is 1. The van der Waals surface area contributed by atoms with Crippen LogP contribution in [0.25, 0.3) is 10.9 Å². The fraction of sp³-hybridized carbons (Fsp3) is 0.318. The van der Waals surface area contributed by atoms with E-state index < -0.39 is 11.9 Å². The van der Waals surface area contributed by atoms with Crippen molar-refractivity contribution in [3.63, 3.8) is 0 Å². The summed E-state index contributed by atoms with van der Waals surface area (Å²) in [6.07, 6.45) is 1.80. The lowest BCUT2D eigenvalue weighted by Gasteiger charge is -2.26. The maximum atomic E-state index is 13.3. The molecule has 0 bridgehead atoms. The first-order valence-electron chi connectivity index (χ1n) is 10.1. The number of piperidine rings is 1. The van der Waals surface area contributed by atoms with Crippen molar-refractivity contribution in [3.05, 3.63) is 58.5 Å². The summed E-state index contributed by atoms with van der Waals surface area (Å²) in [5.41, 5.74) is 6.94. The SMILES string of the molecule is NC(=O)c1nn(CC(=O)N2[C@@H]3C[C@@H]3C[C@H]2C(=O)Cc2cccc(Br)n2)c2ccccc12. The van der Waals surface area contributed by atoms with E-state index in [1.165, 1.54) is 4.68 Å². The molecule has 3 atom stereocenters. The summed E-state index contributed by atoms with van der Waals surface area (Å²) in [4.78, 5) is 44.1. The van der Waals surface area contributed by atoms with E-state index in [-0.39, 0.29) is 36.4 Å². The Labute approximate surface area is 186 Å². The van der Waals surface area contributed by atoms with Crippen molar-refractivity contribution in [2.24, 2.45) is 11.7 Å². The molecule has 2 amide bonds. The number of amides is 2. The largest absolute Gasteiger partial charge is 0.364 e. The summed E-state index contributed by atoms with van der Waals surface area (Å²) >= 11 is 3.33. The molecule has 3 aromatic rings. The number of benzene rings is 1. The van der Waals surface area contributed by atoms with Crippen LogP contribution in [0.1, 0.15) is 29.0 Å². The van der Waals surface area contributed by atoms with Gasteiger partial charge < -0.3 is 10.6 Å². The molecule has 1 saturated heterocycles. The Morgan fingerprint density at radius 3 is 2.68 bits per heavy atom. The second kappa shape index (κ2) is 7.56. The minimum Gasteiger partial charge on any atom is -0.364 e. The molecule has 0 unspecified atom stereocenters. The lowest BCUT2D eigenvalue weighted by atomic mass is 10.0. The lowest BCUT2D eigenvalue weighted by molar-refractivity contribution is -0.139. The molecular formula is C22H20BrN5O3. The molecule has 2 fully saturated rings. The monoisotopic (exact) mass is 481 g/mol. The number of fused-ring (bicyclic) bond motifs is 2. The van der Waals surface area contributed by atoms with E-state index in [2.05, 4.69) is 26.0 Å². The van der Waals surface area contributed by atoms with Gasteiger partial charge in [0.15, 0.2) is 11.5 Å². The van der Waals surface area contributed by atoms with Gasteiger partial charge in [-0.25, -0.2) is 4.98 Å². The van der Waals surface area contributed by atoms with Crippen LogP contribution in [-0.4, -0.2) is 49.3 Å². The van der Waals surface area contributed by atoms with Gasteiger partial charge in [-0.2, -0.15) is 5.10 Å². The third-order valence-corrected chi connectivity index (χ3v) is 6.51. The Morgan fingerprint density at radius 1 is 1.10 bits per heavy atom. The number of carbonyl (C=O) groups is 3. The van der Waals surface area contributed by atoms with E-state index >= 15 is 0 Å². The number of primary amides is 1. The first kappa shape index (κ1) is 19.9. The molecule has 0 radical (unpaired) electrons. The smallest absolute Gasteiger partial charge is 0.269 e. The molecule has 0 spiro atoms. The molecule has 2 aliphatic rings. The Balaban J connectivity index is 1.38. The van der Waals surface area contributed by atoms with Crippen molar-refractivity contribution in [1.29, 1.82) is 0 Å². The van der Waals surface area contributed by atoms with Crippen molar-refractivity contribution in [3.8, 4) is 0 Å². The average molecular weight is 482 g/mol. The summed E-state index contributed by atoms with van der Waals surface area (Å²) in [5, 5.41) is 4.89. The number of halogens is 1. The van der Waals surface area contributed by atoms with Crippen molar-refractivity contribution in [1.82, 2.24) is 19.7 Å². The predicted octanol–water partition coefficient (Wildman–Crippen LogP) is 2.09. The number of Topliss-reactive ketones (excluding diaryl/α,β-unsaturated/α-hetero) is 1. The molecule has 2 aromatic heterocycles. The van der Waals surface area contributed by atoms with Crippen molar-refractivity contribution in [2.45, 2.75) is 37.9 Å². The van der Waals surface area contributed by atoms with E-state index in [9.17, 15) is 14.4 Å². The Kier molecular flexibility index (Phi) is 4.85. The molecule has 2 N–H and O–H groups in total. The zero-order valence-corrected chi connectivity index (χ0v) is 18.2. The average Bonchev–Trinajstić information content (AvgIpc) is 3.24. The molecule has 1 aromatic carbocycles. The molecular weight excluding hydrogens is 462 g/mol. The summed E-state index contributed by atoms with van der Waals surface area (Å²) in [5.74, 6) is -0.437. The van der Waals surface area contributed by atoms with Crippen LogP contribution in [0.2, 0.25) is 0 Å². The lowest BCUT2D eigenvalue weighted by Crippen LogP contribution is -2.45. The number of aromatic nitrogens is 3. The summed E-state index contributed by atoms with van der Waals surface area (Å²) in [7, 11) is 0. The Morgan fingerprint density at radius 2 is 1.90 bits per heavy atom. The van der Waals surface area contributed by atoms with E-state index in [1.807, 2.05) is 24.3 Å². The summed E-state index contributed by atoms with van der Waals surface area (Å²) in [6, 6.07) is 12.3. The van der Waals surface area contributed by atoms with Crippen molar-refractivity contribution in [2.75, 3.05) is 0 Å². The fourth-order valence-electron chi connectivity index (χ4n) is 4.59. The van der Waals surface area contributed by atoms with E-state index in [0.717, 1.165) is 6.42 Å². The van der Waals surface area contributed by atoms with Crippen LogP contribution in [0.3, 0.4) is 0 Å². The Hall–Kier alpha value is -3.07. The van der Waals surface area contributed by atoms with Gasteiger partial charge in [0.25, 0.3) is 5.91 Å². The van der Waals surface area contributed by atoms with Gasteiger partial charge in [-0.05, 0) is 52.9 Å². The molecule has 1 saturated carbocycles. The number of hydrogen-bond donors (Lipinski definition) is 1. The zero-order valence-electron chi connectivity index (χ0n) is 16.6. The van der Waals surface area contributed by atoms with Crippen LogP contribution in [0.15, 0.2) is 47.1 Å². The summed E-state index contributed by atoms with van der Waals surface area (Å²) in [6.45, 7) is -0.0457. The number of hydrogen-bond acceptors (Lipinski definition) is 5. The van der Waals surface area contributed by atoms with Crippen LogP contribution >= 0.6 is 15.9 Å². The highest BCUT2D eigenvalue weighted by Gasteiger charge is 2.55. The van der Waals surface area contributed by atoms with Crippen molar-refractivity contribution < 1.29 is 14.4 Å². The van der Waals surface area contributed by atoms with E-state index in [1.54, 1.807) is 23.1 Å². The molecule has 1 aliphatic heterocycles. The fourth-order valence-corrected chi connectivity index (χ4v) is 4.97. The zero-order chi connectivity index (χ0) is 21.7. The van der Waals surface area contributed by atoms with Crippen LogP contribution < -0.4 is 5.73 Å². The molecule has 9 heteroatoms. The molecule has 31 heavy (non-hydrogen) atoms. The van der Waals surface area contributed by atoms with Gasteiger partial charge in [-0.15, -0.1) is 0 Å². The molecule has 158 valence electrons. The first-order valence-corrected chi connectivity index (χ1v) is 10.9. The van der Waals surface area contributed by atoms with Crippen LogP contribution in [0.5, 0.6) is 0 Å². The topological polar surface area (TPSA) is 111 Å². The minimum atomic E-state index is -0.639. The highest BCUT2D eigenvalue weighted by molar-refractivity contribution is 9.10. The number of nitrogens with zero attached hydrogens (tertiary/aromatic N) is 4. The van der Waals surface area contributed by atoms with Gasteiger partial charge in [-0.3, -0.25) is 19.1 Å². The number of para-hydroxylation sites is 1. The maximum Gasteiger partial charge on any atom is 0.269 e. The van der Waals surface area contributed by atoms with Crippen LogP contribution in [0, 0.1) is 5.92 Å². The minimum absolute atomic E-state index is 0.00528. The second-order valence-electron chi connectivity index (χ2n) is 8.10. The second-order valence-corrected chi connectivity index (χ2v) is 8.91. The number of pyridine rings is 1. The third-order valence-electron chi connectivity index (χ3n) is 6.07. The van der Waals surface area contributed by atoms with Gasteiger partial charge in [-0.1, -0.05) is 24.3 Å². The highest BCUT2D eigenvalue weighted by atomic mass is 79.9. The standard InChI is InChI=1S/C22H20BrN5O3/c23-19-7-3-4-13(25-19)10-18(29)17-9-12-8-16(12)28(17)20(30)11-27-15-6-2-1-5-14(15)21(26-27)22(24)31/h1-7,12,16-17H,8-11H2,(H2,24,31)/t12-,16-,17+/m1/s1. The van der Waals surface area contributed by atoms with E-state index in [0.29, 0.717) is 33.5 Å². The molecule has 8 nitrogen and oxygen atoms in total. The maximum absolute atomic E-state index is 13.3. The van der Waals surface area contributed by atoms with Gasteiger partial charge in [0, 0.05) is 17.1 Å². The van der Waals surface area contributed by atoms with Crippen LogP contribution in [0.4, 0.5) is 0 Å².